The SMILES string of the molecule is Fc1ccc2nc(-n3cnc4ccc(C(F)(F)F)cc43)[nH]c2c1. The highest BCUT2D eigenvalue weighted by atomic mass is 19.4. The Kier molecular flexibility index (Phi) is 2.72. The fraction of sp³-hybridized carbons (Fsp3) is 0.0667. The Bertz CT molecular complexity index is 1030. The van der Waals surface area contributed by atoms with Crippen LogP contribution in [0.4, 0.5) is 17.6 Å². The van der Waals surface area contributed by atoms with Crippen LogP contribution in [0.25, 0.3) is 28.0 Å². The molecule has 2 aromatic heterocycles. The van der Waals surface area contributed by atoms with Crippen LogP contribution < -0.4 is 0 Å². The normalized spacial score (nSPS) is 12.3. The van der Waals surface area contributed by atoms with Crippen LogP contribution in [0.15, 0.2) is 42.7 Å². The van der Waals surface area contributed by atoms with E-state index in [-0.39, 0.29) is 11.5 Å². The van der Waals surface area contributed by atoms with Gasteiger partial charge in [0.1, 0.15) is 12.1 Å². The van der Waals surface area contributed by atoms with Crippen LogP contribution >= 0.6 is 0 Å². The number of nitrogens with one attached hydrogen (secondary N) is 1. The molecule has 4 rings (SSSR count). The van der Waals surface area contributed by atoms with Crippen LogP contribution in [0.3, 0.4) is 0 Å². The molecule has 0 aliphatic rings. The number of H-pyrrole nitrogens is 1. The number of imidazole rings is 2. The van der Waals surface area contributed by atoms with Gasteiger partial charge in [0.25, 0.3) is 0 Å². The molecular weight excluding hydrogens is 312 g/mol. The predicted molar refractivity (Wildman–Crippen MR) is 75.7 cm³/mol. The van der Waals surface area contributed by atoms with Gasteiger partial charge in [-0.1, -0.05) is 0 Å². The van der Waals surface area contributed by atoms with Gasteiger partial charge in [0.05, 0.1) is 27.6 Å². The third-order valence-electron chi connectivity index (χ3n) is 3.53. The van der Waals surface area contributed by atoms with E-state index in [1.54, 1.807) is 0 Å². The number of rotatable bonds is 1. The molecule has 0 bridgehead atoms. The van der Waals surface area contributed by atoms with Crippen LogP contribution in [0.5, 0.6) is 0 Å². The van der Waals surface area contributed by atoms with Crippen molar-refractivity contribution in [3.05, 3.63) is 54.1 Å². The molecule has 2 heterocycles. The van der Waals surface area contributed by atoms with E-state index >= 15 is 0 Å². The first-order valence-electron chi connectivity index (χ1n) is 6.62. The van der Waals surface area contributed by atoms with E-state index in [9.17, 15) is 17.6 Å². The molecule has 116 valence electrons. The smallest absolute Gasteiger partial charge is 0.323 e. The Labute approximate surface area is 126 Å². The molecule has 0 fully saturated rings. The third-order valence-corrected chi connectivity index (χ3v) is 3.53. The zero-order chi connectivity index (χ0) is 16.2. The van der Waals surface area contributed by atoms with Crippen molar-refractivity contribution in [2.45, 2.75) is 6.18 Å². The summed E-state index contributed by atoms with van der Waals surface area (Å²) < 4.78 is 53.3. The monoisotopic (exact) mass is 320 g/mol. The van der Waals surface area contributed by atoms with Crippen molar-refractivity contribution in [1.82, 2.24) is 19.5 Å². The van der Waals surface area contributed by atoms with Crippen LogP contribution in [-0.4, -0.2) is 19.5 Å². The number of benzene rings is 2. The standard InChI is InChI=1S/C15H8F4N4/c16-9-2-4-10-12(6-9)22-14(21-10)23-7-20-11-3-1-8(5-13(11)23)15(17,18)19/h1-7H,(H,21,22). The molecular formula is C15H8F4N4. The van der Waals surface area contributed by atoms with Crippen molar-refractivity contribution in [2.75, 3.05) is 0 Å². The number of fused-ring (bicyclic) bond motifs is 2. The highest BCUT2D eigenvalue weighted by Gasteiger charge is 2.31. The van der Waals surface area contributed by atoms with Crippen molar-refractivity contribution in [3.63, 3.8) is 0 Å². The van der Waals surface area contributed by atoms with Gasteiger partial charge in [-0.05, 0) is 36.4 Å². The first kappa shape index (κ1) is 13.7. The number of nitrogens with zero attached hydrogens (tertiary/aromatic N) is 3. The Morgan fingerprint density at radius 3 is 2.57 bits per heavy atom. The van der Waals surface area contributed by atoms with Gasteiger partial charge in [0.15, 0.2) is 0 Å². The van der Waals surface area contributed by atoms with E-state index in [0.29, 0.717) is 16.6 Å². The molecule has 0 unspecified atom stereocenters. The summed E-state index contributed by atoms with van der Waals surface area (Å²) in [4.78, 5) is 11.2. The molecule has 0 aliphatic heterocycles. The molecule has 2 aromatic carbocycles. The molecule has 8 heteroatoms. The molecule has 4 nitrogen and oxygen atoms in total. The van der Waals surface area contributed by atoms with Gasteiger partial charge in [0.2, 0.25) is 5.95 Å². The molecule has 0 saturated heterocycles. The number of aromatic nitrogens is 4. The van der Waals surface area contributed by atoms with Gasteiger partial charge < -0.3 is 4.98 Å². The quantitative estimate of drug-likeness (QED) is 0.538. The lowest BCUT2D eigenvalue weighted by Crippen LogP contribution is -2.05. The summed E-state index contributed by atoms with van der Waals surface area (Å²) in [6.45, 7) is 0. The second-order valence-electron chi connectivity index (χ2n) is 5.04. The van der Waals surface area contributed by atoms with E-state index < -0.39 is 17.6 Å². The average Bonchev–Trinajstić information content (AvgIpc) is 3.07. The first-order chi connectivity index (χ1) is 10.9. The molecule has 4 aromatic rings. The minimum absolute atomic E-state index is 0.263. The van der Waals surface area contributed by atoms with Crippen LogP contribution in [0.2, 0.25) is 0 Å². The predicted octanol–water partition coefficient (Wildman–Crippen LogP) is 4.06. The van der Waals surface area contributed by atoms with Crippen molar-refractivity contribution in [3.8, 4) is 5.95 Å². The van der Waals surface area contributed by atoms with Crippen molar-refractivity contribution < 1.29 is 17.6 Å². The zero-order valence-corrected chi connectivity index (χ0v) is 11.4. The van der Waals surface area contributed by atoms with E-state index in [1.807, 2.05) is 0 Å². The van der Waals surface area contributed by atoms with Gasteiger partial charge in [-0.25, -0.2) is 14.4 Å². The van der Waals surface area contributed by atoms with Gasteiger partial charge in [-0.3, -0.25) is 4.57 Å². The van der Waals surface area contributed by atoms with E-state index in [1.165, 1.54) is 35.2 Å². The largest absolute Gasteiger partial charge is 0.416 e. The summed E-state index contributed by atoms with van der Waals surface area (Å²) in [6, 6.07) is 7.32. The number of hydrogen-bond acceptors (Lipinski definition) is 2. The fourth-order valence-corrected chi connectivity index (χ4v) is 2.44. The number of hydrogen-bond donors (Lipinski definition) is 1. The highest BCUT2D eigenvalue weighted by molar-refractivity contribution is 5.80. The molecule has 0 radical (unpaired) electrons. The lowest BCUT2D eigenvalue weighted by molar-refractivity contribution is -0.137. The maximum absolute atomic E-state index is 13.2. The highest BCUT2D eigenvalue weighted by Crippen LogP contribution is 2.31. The van der Waals surface area contributed by atoms with Gasteiger partial charge in [-0.2, -0.15) is 13.2 Å². The molecule has 0 amide bonds. The molecule has 0 atom stereocenters. The van der Waals surface area contributed by atoms with Gasteiger partial charge >= 0.3 is 6.18 Å². The number of alkyl halides is 3. The number of aromatic amines is 1. The Morgan fingerprint density at radius 1 is 1.00 bits per heavy atom. The van der Waals surface area contributed by atoms with Crippen LogP contribution in [-0.2, 0) is 6.18 Å². The first-order valence-corrected chi connectivity index (χ1v) is 6.62. The van der Waals surface area contributed by atoms with Crippen molar-refractivity contribution in [2.24, 2.45) is 0 Å². The summed E-state index contributed by atoms with van der Waals surface area (Å²) in [6.07, 6.45) is -3.07. The average molecular weight is 320 g/mol. The summed E-state index contributed by atoms with van der Waals surface area (Å²) >= 11 is 0. The molecule has 0 saturated carbocycles. The summed E-state index contributed by atoms with van der Waals surface area (Å²) in [5.74, 6) is -0.157. The summed E-state index contributed by atoms with van der Waals surface area (Å²) in [5.41, 5.74) is 0.863. The topological polar surface area (TPSA) is 46.5 Å². The summed E-state index contributed by atoms with van der Waals surface area (Å²) in [5, 5.41) is 0. The lowest BCUT2D eigenvalue weighted by atomic mass is 10.2. The van der Waals surface area contributed by atoms with E-state index in [0.717, 1.165) is 12.1 Å². The maximum Gasteiger partial charge on any atom is 0.416 e. The maximum atomic E-state index is 13.2. The second kappa shape index (κ2) is 4.55. The zero-order valence-electron chi connectivity index (χ0n) is 11.4. The molecule has 0 aliphatic carbocycles. The van der Waals surface area contributed by atoms with Gasteiger partial charge in [0, 0.05) is 0 Å². The minimum atomic E-state index is -4.44. The van der Waals surface area contributed by atoms with Crippen LogP contribution in [0, 0.1) is 5.82 Å². The Balaban J connectivity index is 1.93. The van der Waals surface area contributed by atoms with Crippen LogP contribution in [0.1, 0.15) is 5.56 Å². The summed E-state index contributed by atoms with van der Waals surface area (Å²) in [7, 11) is 0. The second-order valence-corrected chi connectivity index (χ2v) is 5.04. The Morgan fingerprint density at radius 2 is 1.78 bits per heavy atom. The Hall–Kier alpha value is -2.90. The minimum Gasteiger partial charge on any atom is -0.323 e. The van der Waals surface area contributed by atoms with Crippen molar-refractivity contribution in [1.29, 1.82) is 0 Å². The van der Waals surface area contributed by atoms with E-state index in [2.05, 4.69) is 15.0 Å². The molecule has 23 heavy (non-hydrogen) atoms. The fourth-order valence-electron chi connectivity index (χ4n) is 2.44. The van der Waals surface area contributed by atoms with E-state index in [4.69, 9.17) is 0 Å². The number of halogens is 4. The third kappa shape index (κ3) is 2.23. The lowest BCUT2D eigenvalue weighted by Gasteiger charge is -2.07. The van der Waals surface area contributed by atoms with Crippen molar-refractivity contribution >= 4 is 22.1 Å². The molecule has 1 N–H and O–H groups in total. The van der Waals surface area contributed by atoms with Gasteiger partial charge in [-0.15, -0.1) is 0 Å². The molecule has 0 spiro atoms.